The molecule has 128 valence electrons. The van der Waals surface area contributed by atoms with Gasteiger partial charge in [0, 0.05) is 25.3 Å². The number of rotatable bonds is 6. The topological polar surface area (TPSA) is 81.1 Å². The summed E-state index contributed by atoms with van der Waals surface area (Å²) >= 11 is 0. The molecular formula is C18H25N5O. The van der Waals surface area contributed by atoms with E-state index in [1.54, 1.807) is 18.3 Å². The van der Waals surface area contributed by atoms with Crippen LogP contribution in [0.25, 0.3) is 0 Å². The van der Waals surface area contributed by atoms with Gasteiger partial charge in [-0.25, -0.2) is 4.98 Å². The van der Waals surface area contributed by atoms with Gasteiger partial charge in [-0.15, -0.1) is 0 Å². The minimum absolute atomic E-state index is 0.159. The number of nitriles is 1. The molecule has 1 aliphatic heterocycles. The Hall–Kier alpha value is -2.13. The average Bonchev–Trinajstić information content (AvgIpc) is 3.25. The quantitative estimate of drug-likeness (QED) is 0.832. The lowest BCUT2D eigenvalue weighted by molar-refractivity contribution is -0.122. The van der Waals surface area contributed by atoms with Gasteiger partial charge < -0.3 is 10.6 Å². The van der Waals surface area contributed by atoms with E-state index >= 15 is 0 Å². The van der Waals surface area contributed by atoms with Gasteiger partial charge in [0.1, 0.15) is 11.9 Å². The number of carbonyl (C=O) groups is 1. The van der Waals surface area contributed by atoms with Crippen molar-refractivity contribution in [2.75, 3.05) is 31.5 Å². The highest BCUT2D eigenvalue weighted by atomic mass is 16.2. The molecule has 3 rings (SSSR count). The molecule has 6 heteroatoms. The Morgan fingerprint density at radius 2 is 2.21 bits per heavy atom. The lowest BCUT2D eigenvalue weighted by Gasteiger charge is -2.18. The van der Waals surface area contributed by atoms with Crippen LogP contribution in [0.5, 0.6) is 0 Å². The minimum Gasteiger partial charge on any atom is -0.369 e. The molecule has 0 aromatic carbocycles. The number of anilines is 1. The number of nitrogens with zero attached hydrogens (tertiary/aromatic N) is 3. The smallest absolute Gasteiger partial charge is 0.234 e. The van der Waals surface area contributed by atoms with Crippen molar-refractivity contribution in [3.63, 3.8) is 0 Å². The highest BCUT2D eigenvalue weighted by molar-refractivity contribution is 5.78. The highest BCUT2D eigenvalue weighted by Gasteiger charge is 2.25. The molecule has 1 aromatic rings. The molecule has 0 unspecified atom stereocenters. The molecule has 1 saturated heterocycles. The molecule has 2 N–H and O–H groups in total. The summed E-state index contributed by atoms with van der Waals surface area (Å²) in [5, 5.41) is 15.5. The van der Waals surface area contributed by atoms with Crippen LogP contribution in [-0.2, 0) is 4.79 Å². The van der Waals surface area contributed by atoms with Crippen LogP contribution in [-0.4, -0.2) is 48.0 Å². The second-order valence-electron chi connectivity index (χ2n) is 6.83. The molecule has 1 aromatic heterocycles. The largest absolute Gasteiger partial charge is 0.369 e. The fourth-order valence-corrected chi connectivity index (χ4v) is 3.65. The van der Waals surface area contributed by atoms with E-state index in [0.29, 0.717) is 29.9 Å². The van der Waals surface area contributed by atoms with Crippen molar-refractivity contribution in [2.24, 2.45) is 5.92 Å². The van der Waals surface area contributed by atoms with Gasteiger partial charge in [-0.1, -0.05) is 12.8 Å². The van der Waals surface area contributed by atoms with Crippen LogP contribution >= 0.6 is 0 Å². The van der Waals surface area contributed by atoms with Gasteiger partial charge in [-0.3, -0.25) is 9.69 Å². The van der Waals surface area contributed by atoms with E-state index in [-0.39, 0.29) is 5.91 Å². The van der Waals surface area contributed by atoms with Crippen molar-refractivity contribution >= 4 is 11.7 Å². The van der Waals surface area contributed by atoms with Gasteiger partial charge in [-0.2, -0.15) is 5.26 Å². The SMILES string of the molecule is N#Cc1cccnc1NC[C@H]1CCN(CC(=O)NC2CCCC2)C1. The predicted molar refractivity (Wildman–Crippen MR) is 92.4 cm³/mol. The Morgan fingerprint density at radius 1 is 1.38 bits per heavy atom. The van der Waals surface area contributed by atoms with Gasteiger partial charge in [0.15, 0.2) is 0 Å². The van der Waals surface area contributed by atoms with Crippen molar-refractivity contribution in [1.82, 2.24) is 15.2 Å². The third-order valence-corrected chi connectivity index (χ3v) is 4.94. The maximum Gasteiger partial charge on any atom is 0.234 e. The van der Waals surface area contributed by atoms with Crippen LogP contribution in [0.2, 0.25) is 0 Å². The second kappa shape index (κ2) is 8.11. The van der Waals surface area contributed by atoms with Gasteiger partial charge in [0.05, 0.1) is 12.1 Å². The molecule has 2 heterocycles. The average molecular weight is 327 g/mol. The first-order chi connectivity index (χ1) is 11.7. The molecule has 24 heavy (non-hydrogen) atoms. The van der Waals surface area contributed by atoms with E-state index < -0.39 is 0 Å². The van der Waals surface area contributed by atoms with Crippen molar-refractivity contribution < 1.29 is 4.79 Å². The third kappa shape index (κ3) is 4.45. The number of amides is 1. The molecule has 1 atom stereocenters. The van der Waals surface area contributed by atoms with Crippen LogP contribution in [0.15, 0.2) is 18.3 Å². The summed E-state index contributed by atoms with van der Waals surface area (Å²) in [6, 6.07) is 6.08. The molecule has 6 nitrogen and oxygen atoms in total. The Kier molecular flexibility index (Phi) is 5.65. The first-order valence-corrected chi connectivity index (χ1v) is 8.85. The Balaban J connectivity index is 1.40. The van der Waals surface area contributed by atoms with Crippen LogP contribution in [0.3, 0.4) is 0 Å². The Morgan fingerprint density at radius 3 is 3.00 bits per heavy atom. The summed E-state index contributed by atoms with van der Waals surface area (Å²) in [4.78, 5) is 18.6. The van der Waals surface area contributed by atoms with Gasteiger partial charge >= 0.3 is 0 Å². The van der Waals surface area contributed by atoms with Crippen molar-refractivity contribution in [3.05, 3.63) is 23.9 Å². The van der Waals surface area contributed by atoms with Gasteiger partial charge in [-0.05, 0) is 43.9 Å². The standard InChI is InChI=1S/C18H25N5O/c19-10-15-4-3-8-20-18(15)21-11-14-7-9-23(12-14)13-17(24)22-16-5-1-2-6-16/h3-4,8,14,16H,1-2,5-7,9,11-13H2,(H,20,21)(H,22,24)/t14-/m1/s1. The fraction of sp³-hybridized carbons (Fsp3) is 0.611. The maximum atomic E-state index is 12.1. The molecule has 1 saturated carbocycles. The fourth-order valence-electron chi connectivity index (χ4n) is 3.65. The van der Waals surface area contributed by atoms with Crippen LogP contribution in [0.4, 0.5) is 5.82 Å². The number of carbonyl (C=O) groups excluding carboxylic acids is 1. The zero-order chi connectivity index (χ0) is 16.8. The van der Waals surface area contributed by atoms with Crippen LogP contribution in [0, 0.1) is 17.2 Å². The number of likely N-dealkylation sites (tertiary alicyclic amines) is 1. The van der Waals surface area contributed by atoms with E-state index in [0.717, 1.165) is 38.9 Å². The number of nitrogens with one attached hydrogen (secondary N) is 2. The lowest BCUT2D eigenvalue weighted by atomic mass is 10.1. The summed E-state index contributed by atoms with van der Waals surface area (Å²) < 4.78 is 0. The van der Waals surface area contributed by atoms with E-state index in [1.807, 2.05) is 0 Å². The van der Waals surface area contributed by atoms with Crippen molar-refractivity contribution in [3.8, 4) is 6.07 Å². The normalized spacial score (nSPS) is 21.5. The van der Waals surface area contributed by atoms with Crippen molar-refractivity contribution in [1.29, 1.82) is 5.26 Å². The van der Waals surface area contributed by atoms with E-state index in [4.69, 9.17) is 5.26 Å². The Labute approximate surface area is 143 Å². The number of hydrogen-bond acceptors (Lipinski definition) is 5. The van der Waals surface area contributed by atoms with E-state index in [9.17, 15) is 4.79 Å². The first kappa shape index (κ1) is 16.7. The molecule has 2 fully saturated rings. The maximum absolute atomic E-state index is 12.1. The monoisotopic (exact) mass is 327 g/mol. The first-order valence-electron chi connectivity index (χ1n) is 8.85. The molecule has 0 bridgehead atoms. The molecule has 0 spiro atoms. The zero-order valence-corrected chi connectivity index (χ0v) is 14.0. The molecule has 0 radical (unpaired) electrons. The predicted octanol–water partition coefficient (Wildman–Crippen LogP) is 1.75. The minimum atomic E-state index is 0.159. The van der Waals surface area contributed by atoms with E-state index in [2.05, 4.69) is 26.6 Å². The van der Waals surface area contributed by atoms with Crippen molar-refractivity contribution in [2.45, 2.75) is 38.1 Å². The summed E-state index contributed by atoms with van der Waals surface area (Å²) in [6.45, 7) is 3.16. The molecule has 1 amide bonds. The van der Waals surface area contributed by atoms with Gasteiger partial charge in [0.25, 0.3) is 0 Å². The summed E-state index contributed by atoms with van der Waals surface area (Å²) in [7, 11) is 0. The summed E-state index contributed by atoms with van der Waals surface area (Å²) in [6.07, 6.45) is 7.49. The van der Waals surface area contributed by atoms with Crippen LogP contribution < -0.4 is 10.6 Å². The molecule has 1 aliphatic carbocycles. The number of hydrogen-bond donors (Lipinski definition) is 2. The second-order valence-corrected chi connectivity index (χ2v) is 6.83. The number of aromatic nitrogens is 1. The van der Waals surface area contributed by atoms with Crippen LogP contribution in [0.1, 0.15) is 37.7 Å². The Bertz CT molecular complexity index is 606. The third-order valence-electron chi connectivity index (χ3n) is 4.94. The summed E-state index contributed by atoms with van der Waals surface area (Å²) in [5.41, 5.74) is 0.572. The zero-order valence-electron chi connectivity index (χ0n) is 14.0. The molecule has 2 aliphatic rings. The highest BCUT2D eigenvalue weighted by Crippen LogP contribution is 2.19. The number of pyridine rings is 1. The molecular weight excluding hydrogens is 302 g/mol. The lowest BCUT2D eigenvalue weighted by Crippen LogP contribution is -2.40. The van der Waals surface area contributed by atoms with Gasteiger partial charge in [0.2, 0.25) is 5.91 Å². The van der Waals surface area contributed by atoms with E-state index in [1.165, 1.54) is 12.8 Å². The summed E-state index contributed by atoms with van der Waals surface area (Å²) in [5.74, 6) is 1.29.